The number of hydrogen-bond donors (Lipinski definition) is 0. The second kappa shape index (κ2) is 1.95. The molecule has 1 aromatic heterocycles. The third kappa shape index (κ3) is 0.811. The van der Waals surface area contributed by atoms with Gasteiger partial charge < -0.3 is 4.74 Å². The highest BCUT2D eigenvalue weighted by Crippen LogP contribution is 2.39. The van der Waals surface area contributed by atoms with Crippen LogP contribution in [0.4, 0.5) is 0 Å². The van der Waals surface area contributed by atoms with Gasteiger partial charge in [0.1, 0.15) is 5.75 Å². The first-order valence-corrected chi connectivity index (χ1v) is 4.02. The van der Waals surface area contributed by atoms with Crippen LogP contribution in [-0.2, 0) is 4.79 Å². The van der Waals surface area contributed by atoms with Gasteiger partial charge in [0.25, 0.3) is 0 Å². The van der Waals surface area contributed by atoms with Crippen LogP contribution < -0.4 is 4.74 Å². The largest absolute Gasteiger partial charge is 0.421 e. The second-order valence-corrected chi connectivity index (χ2v) is 3.67. The van der Waals surface area contributed by atoms with Crippen molar-refractivity contribution in [3.63, 3.8) is 0 Å². The molecule has 56 valence electrons. The Bertz CT molecular complexity index is 349. The third-order valence-corrected chi connectivity index (χ3v) is 2.64. The molecule has 0 amide bonds. The molecule has 0 saturated carbocycles. The molecule has 0 atom stereocenters. The Labute approximate surface area is 68.1 Å². The van der Waals surface area contributed by atoms with Gasteiger partial charge in [0.05, 0.1) is 10.5 Å². The summed E-state index contributed by atoms with van der Waals surface area (Å²) < 4.78 is 4.91. The van der Waals surface area contributed by atoms with Crippen molar-refractivity contribution in [2.45, 2.75) is 6.92 Å². The van der Waals surface area contributed by atoms with Crippen molar-refractivity contribution in [3.8, 4) is 5.75 Å². The van der Waals surface area contributed by atoms with E-state index in [-0.39, 0.29) is 5.97 Å². The van der Waals surface area contributed by atoms with Gasteiger partial charge in [0.15, 0.2) is 0 Å². The van der Waals surface area contributed by atoms with Crippen LogP contribution in [0.25, 0.3) is 5.57 Å². The highest BCUT2D eigenvalue weighted by Gasteiger charge is 2.26. The lowest BCUT2D eigenvalue weighted by molar-refractivity contribution is -0.126. The van der Waals surface area contributed by atoms with Gasteiger partial charge in [-0.2, -0.15) is 0 Å². The Kier molecular flexibility index (Phi) is 1.17. The Morgan fingerprint density at radius 3 is 3.00 bits per heavy atom. The fourth-order valence-corrected chi connectivity index (χ4v) is 1.93. The van der Waals surface area contributed by atoms with E-state index >= 15 is 0 Å². The van der Waals surface area contributed by atoms with Crippen molar-refractivity contribution in [3.05, 3.63) is 22.4 Å². The lowest BCUT2D eigenvalue weighted by Gasteiger charge is -1.88. The lowest BCUT2D eigenvalue weighted by atomic mass is 10.3. The number of rotatable bonds is 0. The molecule has 1 aliphatic rings. The van der Waals surface area contributed by atoms with E-state index in [9.17, 15) is 4.79 Å². The zero-order chi connectivity index (χ0) is 8.01. The van der Waals surface area contributed by atoms with Crippen molar-refractivity contribution < 1.29 is 9.53 Å². The summed E-state index contributed by atoms with van der Waals surface area (Å²) in [5.74, 6) is 0.355. The van der Waals surface area contributed by atoms with Gasteiger partial charge in [-0.15, -0.1) is 11.3 Å². The normalized spacial score (nSPS) is 15.0. The lowest BCUT2D eigenvalue weighted by Crippen LogP contribution is -1.99. The summed E-state index contributed by atoms with van der Waals surface area (Å²) in [6.45, 7) is 5.60. The molecule has 0 fully saturated rings. The van der Waals surface area contributed by atoms with E-state index < -0.39 is 0 Å². The zero-order valence-electron chi connectivity index (χ0n) is 6.01. The van der Waals surface area contributed by atoms with Gasteiger partial charge in [-0.3, -0.25) is 0 Å². The summed E-state index contributed by atoms with van der Waals surface area (Å²) in [6, 6.07) is 1.86. The minimum Gasteiger partial charge on any atom is -0.421 e. The maximum absolute atomic E-state index is 10.9. The van der Waals surface area contributed by atoms with Gasteiger partial charge in [0.2, 0.25) is 0 Å². The quantitative estimate of drug-likeness (QED) is 0.435. The Morgan fingerprint density at radius 2 is 2.36 bits per heavy atom. The molecular formula is C8H6O2S. The van der Waals surface area contributed by atoms with Gasteiger partial charge in [-0.25, -0.2) is 4.79 Å². The number of esters is 1. The highest BCUT2D eigenvalue weighted by molar-refractivity contribution is 7.14. The first-order valence-electron chi connectivity index (χ1n) is 3.20. The van der Waals surface area contributed by atoms with Crippen LogP contribution >= 0.6 is 11.3 Å². The molecule has 0 aliphatic carbocycles. The number of thiophene rings is 1. The summed E-state index contributed by atoms with van der Waals surface area (Å²) in [7, 11) is 0. The smallest absolute Gasteiger partial charge is 0.344 e. The van der Waals surface area contributed by atoms with Crippen LogP contribution in [0.1, 0.15) is 9.75 Å². The maximum atomic E-state index is 10.9. The molecule has 0 unspecified atom stereocenters. The van der Waals surface area contributed by atoms with Gasteiger partial charge in [-0.1, -0.05) is 6.58 Å². The molecule has 1 aliphatic heterocycles. The van der Waals surface area contributed by atoms with E-state index in [1.165, 1.54) is 0 Å². The monoisotopic (exact) mass is 166 g/mol. The molecular weight excluding hydrogens is 160 g/mol. The SMILES string of the molecule is C=C1C(=O)Oc2cc(C)sc21. The Morgan fingerprint density at radius 1 is 1.64 bits per heavy atom. The summed E-state index contributed by atoms with van der Waals surface area (Å²) >= 11 is 1.54. The zero-order valence-corrected chi connectivity index (χ0v) is 6.83. The van der Waals surface area contributed by atoms with Crippen molar-refractivity contribution >= 4 is 22.9 Å². The molecule has 1 aromatic rings. The predicted molar refractivity (Wildman–Crippen MR) is 43.7 cm³/mol. The van der Waals surface area contributed by atoms with Crippen LogP contribution in [0.15, 0.2) is 12.6 Å². The molecule has 0 spiro atoms. The third-order valence-electron chi connectivity index (χ3n) is 1.54. The Hall–Kier alpha value is -1.09. The number of carbonyl (C=O) groups excluding carboxylic acids is 1. The van der Waals surface area contributed by atoms with Crippen molar-refractivity contribution in [1.29, 1.82) is 0 Å². The topological polar surface area (TPSA) is 26.3 Å². The first kappa shape index (κ1) is 6.61. The molecule has 3 heteroatoms. The van der Waals surface area contributed by atoms with Crippen LogP contribution in [0.2, 0.25) is 0 Å². The molecule has 2 rings (SSSR count). The van der Waals surface area contributed by atoms with Crippen LogP contribution in [-0.4, -0.2) is 5.97 Å². The fourth-order valence-electron chi connectivity index (χ4n) is 1.03. The van der Waals surface area contributed by atoms with Crippen LogP contribution in [0.3, 0.4) is 0 Å². The standard InChI is InChI=1S/C8H6O2S/c1-4-3-6-7(11-4)5(2)8(9)10-6/h3H,2H2,1H3. The number of hydrogen-bond acceptors (Lipinski definition) is 3. The molecule has 0 bridgehead atoms. The number of ether oxygens (including phenoxy) is 1. The molecule has 0 radical (unpaired) electrons. The predicted octanol–water partition coefficient (Wildman–Crippen LogP) is 1.99. The van der Waals surface area contributed by atoms with E-state index in [1.54, 1.807) is 11.3 Å². The van der Waals surface area contributed by atoms with Gasteiger partial charge in [0, 0.05) is 4.88 Å². The van der Waals surface area contributed by atoms with E-state index in [2.05, 4.69) is 6.58 Å². The van der Waals surface area contributed by atoms with Crippen LogP contribution in [0.5, 0.6) is 5.75 Å². The van der Waals surface area contributed by atoms with Crippen LogP contribution in [0, 0.1) is 6.92 Å². The van der Waals surface area contributed by atoms with Crippen molar-refractivity contribution in [2.75, 3.05) is 0 Å². The number of aryl methyl sites for hydroxylation is 1. The average Bonchev–Trinajstić information content (AvgIpc) is 2.37. The summed E-state index contributed by atoms with van der Waals surface area (Å²) in [5.41, 5.74) is 0.484. The molecule has 0 N–H and O–H groups in total. The molecule has 0 aromatic carbocycles. The molecule has 2 heterocycles. The summed E-state index contributed by atoms with van der Waals surface area (Å²) in [6.07, 6.45) is 0. The highest BCUT2D eigenvalue weighted by atomic mass is 32.1. The van der Waals surface area contributed by atoms with Crippen molar-refractivity contribution in [2.24, 2.45) is 0 Å². The summed E-state index contributed by atoms with van der Waals surface area (Å²) in [4.78, 5) is 12.9. The minimum atomic E-state index is -0.314. The number of fused-ring (bicyclic) bond motifs is 1. The van der Waals surface area contributed by atoms with E-state index in [0.29, 0.717) is 11.3 Å². The molecule has 2 nitrogen and oxygen atoms in total. The van der Waals surface area contributed by atoms with E-state index in [4.69, 9.17) is 4.74 Å². The van der Waals surface area contributed by atoms with Gasteiger partial charge in [-0.05, 0) is 13.0 Å². The van der Waals surface area contributed by atoms with Gasteiger partial charge >= 0.3 is 5.97 Å². The maximum Gasteiger partial charge on any atom is 0.344 e. The summed E-state index contributed by atoms with van der Waals surface area (Å²) in [5, 5.41) is 0. The minimum absolute atomic E-state index is 0.314. The number of carbonyl (C=O) groups is 1. The Balaban J connectivity index is 2.60. The average molecular weight is 166 g/mol. The molecule has 0 saturated heterocycles. The van der Waals surface area contributed by atoms with E-state index in [0.717, 1.165) is 9.75 Å². The molecule has 11 heavy (non-hydrogen) atoms. The van der Waals surface area contributed by atoms with E-state index in [1.807, 2.05) is 13.0 Å². The first-order chi connectivity index (χ1) is 5.18. The van der Waals surface area contributed by atoms with Crippen molar-refractivity contribution in [1.82, 2.24) is 0 Å². The second-order valence-electron chi connectivity index (χ2n) is 2.42. The fraction of sp³-hybridized carbons (Fsp3) is 0.125.